The summed E-state index contributed by atoms with van der Waals surface area (Å²) in [5, 5.41) is 11.9. The molecule has 8 heteroatoms. The molecule has 2 aromatic carbocycles. The van der Waals surface area contributed by atoms with Crippen molar-refractivity contribution in [2.45, 2.75) is 10.5 Å². The molecule has 0 aromatic heterocycles. The first-order chi connectivity index (χ1) is 10.00. The van der Waals surface area contributed by atoms with Crippen LogP contribution in [0.3, 0.4) is 0 Å². The zero-order chi connectivity index (χ0) is 15.0. The van der Waals surface area contributed by atoms with Crippen molar-refractivity contribution in [3.8, 4) is 0 Å². The van der Waals surface area contributed by atoms with E-state index in [0.29, 0.717) is 5.69 Å². The molecule has 0 N–H and O–H groups in total. The molecule has 1 unspecified atom stereocenters. The smallest absolute Gasteiger partial charge is 0.258 e. The van der Waals surface area contributed by atoms with Gasteiger partial charge in [0.25, 0.3) is 11.2 Å². The molecule has 0 amide bonds. The Bertz CT molecular complexity index is 791. The lowest BCUT2D eigenvalue weighted by Crippen LogP contribution is -2.13. The van der Waals surface area contributed by atoms with E-state index in [1.807, 2.05) is 0 Å². The number of rotatable bonds is 4. The predicted molar refractivity (Wildman–Crippen MR) is 74.1 cm³/mol. The SMILES string of the molecule is O=[N+]([O-])c1cccc(N2OC2S(=O)(=O)c2ccccc2)c1. The first-order valence-electron chi connectivity index (χ1n) is 5.99. The van der Waals surface area contributed by atoms with Gasteiger partial charge in [-0.1, -0.05) is 24.3 Å². The number of anilines is 1. The molecule has 21 heavy (non-hydrogen) atoms. The van der Waals surface area contributed by atoms with Crippen LogP contribution in [-0.2, 0) is 14.7 Å². The Hall–Kier alpha value is -2.45. The number of non-ortho nitro benzene ring substituents is 1. The van der Waals surface area contributed by atoms with Gasteiger partial charge in [0.2, 0.25) is 9.84 Å². The van der Waals surface area contributed by atoms with E-state index in [-0.39, 0.29) is 10.6 Å². The van der Waals surface area contributed by atoms with Crippen LogP contribution in [-0.4, -0.2) is 18.9 Å². The van der Waals surface area contributed by atoms with Crippen molar-refractivity contribution in [1.82, 2.24) is 0 Å². The van der Waals surface area contributed by atoms with Crippen molar-refractivity contribution in [3.63, 3.8) is 0 Å². The molecular formula is C13H10N2O5S. The summed E-state index contributed by atoms with van der Waals surface area (Å²) in [6, 6.07) is 13.5. The fourth-order valence-corrected chi connectivity index (χ4v) is 3.25. The molecule has 3 rings (SSSR count). The standard InChI is InChI=1S/C13H10N2O5S/c16-15(17)11-6-4-5-10(9-11)14-13(20-14)21(18,19)12-7-2-1-3-8-12/h1-9,13H. The molecule has 0 aliphatic carbocycles. The van der Waals surface area contributed by atoms with Gasteiger partial charge in [0.05, 0.1) is 15.5 Å². The Morgan fingerprint density at radius 3 is 2.48 bits per heavy atom. The molecule has 0 radical (unpaired) electrons. The number of benzene rings is 2. The van der Waals surface area contributed by atoms with E-state index in [9.17, 15) is 18.5 Å². The molecule has 1 heterocycles. The second-order valence-corrected chi connectivity index (χ2v) is 6.34. The highest BCUT2D eigenvalue weighted by atomic mass is 32.2. The van der Waals surface area contributed by atoms with Gasteiger partial charge in [-0.2, -0.15) is 0 Å². The first kappa shape index (κ1) is 13.5. The maximum atomic E-state index is 12.3. The van der Waals surface area contributed by atoms with Gasteiger partial charge >= 0.3 is 0 Å². The number of sulfone groups is 1. The van der Waals surface area contributed by atoms with Gasteiger partial charge in [-0.25, -0.2) is 18.3 Å². The lowest BCUT2D eigenvalue weighted by molar-refractivity contribution is -0.384. The second-order valence-electron chi connectivity index (χ2n) is 4.37. The summed E-state index contributed by atoms with van der Waals surface area (Å²) in [7, 11) is -3.66. The van der Waals surface area contributed by atoms with Crippen molar-refractivity contribution in [1.29, 1.82) is 0 Å². The number of hydrogen-bond donors (Lipinski definition) is 0. The molecule has 1 aliphatic rings. The maximum absolute atomic E-state index is 12.3. The van der Waals surface area contributed by atoms with Crippen molar-refractivity contribution < 1.29 is 18.2 Å². The van der Waals surface area contributed by atoms with E-state index in [4.69, 9.17) is 4.84 Å². The largest absolute Gasteiger partial charge is 0.285 e. The zero-order valence-corrected chi connectivity index (χ0v) is 11.4. The van der Waals surface area contributed by atoms with E-state index in [1.165, 1.54) is 30.3 Å². The van der Waals surface area contributed by atoms with Crippen molar-refractivity contribution in [3.05, 3.63) is 64.7 Å². The minimum atomic E-state index is -3.66. The van der Waals surface area contributed by atoms with Crippen LogP contribution in [0, 0.1) is 10.1 Å². The molecule has 1 atom stereocenters. The van der Waals surface area contributed by atoms with E-state index < -0.39 is 20.3 Å². The van der Waals surface area contributed by atoms with Gasteiger partial charge in [0.15, 0.2) is 0 Å². The maximum Gasteiger partial charge on any atom is 0.285 e. The van der Waals surface area contributed by atoms with Crippen molar-refractivity contribution >= 4 is 21.2 Å². The Labute approximate surface area is 120 Å². The highest BCUT2D eigenvalue weighted by Gasteiger charge is 2.49. The summed E-state index contributed by atoms with van der Waals surface area (Å²) in [4.78, 5) is 15.4. The number of hydroxylamine groups is 1. The zero-order valence-electron chi connectivity index (χ0n) is 10.6. The molecule has 7 nitrogen and oxygen atoms in total. The summed E-state index contributed by atoms with van der Waals surface area (Å²) >= 11 is 0. The van der Waals surface area contributed by atoms with Gasteiger partial charge in [0, 0.05) is 12.1 Å². The Balaban J connectivity index is 1.87. The quantitative estimate of drug-likeness (QED) is 0.488. The van der Waals surface area contributed by atoms with Crippen LogP contribution in [0.15, 0.2) is 59.5 Å². The number of nitro benzene ring substituents is 1. The number of nitrogens with zero attached hydrogens (tertiary/aromatic N) is 2. The van der Waals surface area contributed by atoms with Crippen molar-refractivity contribution in [2.24, 2.45) is 0 Å². The molecule has 1 aliphatic heterocycles. The summed E-state index contributed by atoms with van der Waals surface area (Å²) < 4.78 is 24.6. The van der Waals surface area contributed by atoms with Crippen LogP contribution in [0.25, 0.3) is 0 Å². The van der Waals surface area contributed by atoms with Gasteiger partial charge < -0.3 is 0 Å². The molecule has 1 saturated heterocycles. The van der Waals surface area contributed by atoms with Crippen LogP contribution in [0.4, 0.5) is 11.4 Å². The van der Waals surface area contributed by atoms with Gasteiger partial charge in [0.1, 0.15) is 0 Å². The monoisotopic (exact) mass is 306 g/mol. The number of hydrogen-bond acceptors (Lipinski definition) is 6. The van der Waals surface area contributed by atoms with E-state index in [0.717, 1.165) is 5.06 Å². The summed E-state index contributed by atoms with van der Waals surface area (Å²) in [5.41, 5.74) is -0.950. The molecule has 0 spiro atoms. The minimum Gasteiger partial charge on any atom is -0.258 e. The van der Waals surface area contributed by atoms with Crippen LogP contribution in [0.1, 0.15) is 0 Å². The fraction of sp³-hybridized carbons (Fsp3) is 0.0769. The van der Waals surface area contributed by atoms with E-state index in [1.54, 1.807) is 24.3 Å². The lowest BCUT2D eigenvalue weighted by atomic mass is 10.3. The topological polar surface area (TPSA) is 92.8 Å². The Morgan fingerprint density at radius 1 is 1.10 bits per heavy atom. The molecule has 1 fully saturated rings. The predicted octanol–water partition coefficient (Wildman–Crippen LogP) is 2.10. The third-order valence-corrected chi connectivity index (χ3v) is 4.72. The van der Waals surface area contributed by atoms with Gasteiger partial charge in [-0.05, 0) is 18.2 Å². The summed E-state index contributed by atoms with van der Waals surface area (Å²) in [6.07, 6.45) is 0. The van der Waals surface area contributed by atoms with Gasteiger partial charge in [-0.3, -0.25) is 10.1 Å². The summed E-state index contributed by atoms with van der Waals surface area (Å²) in [5.74, 6) is 0. The molecular weight excluding hydrogens is 296 g/mol. The third-order valence-electron chi connectivity index (χ3n) is 2.98. The van der Waals surface area contributed by atoms with Crippen LogP contribution in [0.2, 0.25) is 0 Å². The van der Waals surface area contributed by atoms with Gasteiger partial charge in [-0.15, -0.1) is 0 Å². The fourth-order valence-electron chi connectivity index (χ4n) is 1.91. The molecule has 108 valence electrons. The van der Waals surface area contributed by atoms with Crippen LogP contribution >= 0.6 is 0 Å². The Morgan fingerprint density at radius 2 is 1.81 bits per heavy atom. The molecule has 0 bridgehead atoms. The molecule has 2 aromatic rings. The second kappa shape index (κ2) is 4.83. The summed E-state index contributed by atoms with van der Waals surface area (Å²) in [6.45, 7) is 0. The number of nitro groups is 1. The lowest BCUT2D eigenvalue weighted by Gasteiger charge is -2.02. The average molecular weight is 306 g/mol. The van der Waals surface area contributed by atoms with Crippen LogP contribution < -0.4 is 5.06 Å². The minimum absolute atomic E-state index is 0.126. The van der Waals surface area contributed by atoms with Crippen molar-refractivity contribution in [2.75, 3.05) is 5.06 Å². The van der Waals surface area contributed by atoms with E-state index in [2.05, 4.69) is 0 Å². The third kappa shape index (κ3) is 2.46. The normalized spacial score (nSPS) is 17.5. The average Bonchev–Trinajstić information content (AvgIpc) is 3.29. The first-order valence-corrected chi connectivity index (χ1v) is 7.54. The Kier molecular flexibility index (Phi) is 3.11. The van der Waals surface area contributed by atoms with E-state index >= 15 is 0 Å². The van der Waals surface area contributed by atoms with Crippen LogP contribution in [0.5, 0.6) is 0 Å². The molecule has 0 saturated carbocycles. The highest BCUT2D eigenvalue weighted by molar-refractivity contribution is 7.92. The highest BCUT2D eigenvalue weighted by Crippen LogP contribution is 2.37.